The normalized spacial score (nSPS) is 13.6. The Morgan fingerprint density at radius 2 is 2.11 bits per heavy atom. The van der Waals surface area contributed by atoms with Crippen LogP contribution in [-0.4, -0.2) is 68.2 Å². The van der Waals surface area contributed by atoms with Gasteiger partial charge in [-0.3, -0.25) is 14.9 Å². The van der Waals surface area contributed by atoms with Gasteiger partial charge in [0, 0.05) is 32.7 Å². The Morgan fingerprint density at radius 1 is 1.41 bits per heavy atom. The number of anilines is 1. The molecule has 1 aromatic rings. The molecular weight excluding hydrogens is 356 g/mol. The highest BCUT2D eigenvalue weighted by atomic mass is 16.6. The maximum absolute atomic E-state index is 12.1. The van der Waals surface area contributed by atoms with Crippen LogP contribution in [0.5, 0.6) is 0 Å². The van der Waals surface area contributed by atoms with Gasteiger partial charge < -0.3 is 19.3 Å². The minimum atomic E-state index is -0.825. The third-order valence-corrected chi connectivity index (χ3v) is 4.07. The molecule has 1 aliphatic heterocycles. The van der Waals surface area contributed by atoms with Crippen LogP contribution in [0.4, 0.5) is 11.4 Å². The van der Waals surface area contributed by atoms with E-state index in [2.05, 4.69) is 0 Å². The molecule has 2 rings (SSSR count). The minimum Gasteiger partial charge on any atom is -0.452 e. The molecule has 144 valence electrons. The van der Waals surface area contributed by atoms with Gasteiger partial charge in [0.2, 0.25) is 0 Å². The second kappa shape index (κ2) is 9.49. The number of hydrogen-bond donors (Lipinski definition) is 0. The van der Waals surface area contributed by atoms with E-state index in [1.54, 1.807) is 0 Å². The van der Waals surface area contributed by atoms with E-state index in [1.165, 1.54) is 24.1 Å². The van der Waals surface area contributed by atoms with Crippen molar-refractivity contribution in [3.05, 3.63) is 33.9 Å². The zero-order valence-corrected chi connectivity index (χ0v) is 14.9. The van der Waals surface area contributed by atoms with Gasteiger partial charge in [-0.05, 0) is 12.1 Å². The van der Waals surface area contributed by atoms with Crippen LogP contribution in [0.1, 0.15) is 16.8 Å². The van der Waals surface area contributed by atoms with E-state index in [0.29, 0.717) is 32.0 Å². The molecule has 0 aromatic heterocycles. The quantitative estimate of drug-likeness (QED) is 0.391. The number of benzene rings is 1. The van der Waals surface area contributed by atoms with Gasteiger partial charge in [-0.15, -0.1) is 0 Å². The van der Waals surface area contributed by atoms with Crippen LogP contribution < -0.4 is 4.90 Å². The SMILES string of the molecule is CN(CCC#N)C(=O)COC(=O)c1ccc(N2CCOCC2)c([N+](=O)[O-])c1. The van der Waals surface area contributed by atoms with Gasteiger partial charge in [0.15, 0.2) is 6.61 Å². The first-order valence-corrected chi connectivity index (χ1v) is 8.33. The Morgan fingerprint density at radius 3 is 2.74 bits per heavy atom. The number of nitro benzene ring substituents is 1. The van der Waals surface area contributed by atoms with Gasteiger partial charge in [0.25, 0.3) is 11.6 Å². The van der Waals surface area contributed by atoms with Crippen LogP contribution in [0.15, 0.2) is 18.2 Å². The first kappa shape index (κ1) is 20.1. The molecule has 0 saturated carbocycles. The van der Waals surface area contributed by atoms with E-state index < -0.39 is 23.4 Å². The molecule has 1 amide bonds. The molecule has 10 heteroatoms. The Hall–Kier alpha value is -3.19. The highest BCUT2D eigenvalue weighted by Crippen LogP contribution is 2.30. The van der Waals surface area contributed by atoms with Gasteiger partial charge in [-0.2, -0.15) is 5.26 Å². The zero-order valence-electron chi connectivity index (χ0n) is 14.9. The lowest BCUT2D eigenvalue weighted by atomic mass is 10.1. The molecule has 0 spiro atoms. The fraction of sp³-hybridized carbons (Fsp3) is 0.471. The zero-order chi connectivity index (χ0) is 19.8. The lowest BCUT2D eigenvalue weighted by Gasteiger charge is -2.28. The van der Waals surface area contributed by atoms with Crippen molar-refractivity contribution in [1.29, 1.82) is 5.26 Å². The van der Waals surface area contributed by atoms with Gasteiger partial charge in [-0.1, -0.05) is 0 Å². The van der Waals surface area contributed by atoms with Crippen molar-refractivity contribution in [3.63, 3.8) is 0 Å². The fourth-order valence-electron chi connectivity index (χ4n) is 2.53. The molecule has 0 N–H and O–H groups in total. The smallest absolute Gasteiger partial charge is 0.338 e. The van der Waals surface area contributed by atoms with E-state index in [4.69, 9.17) is 14.7 Å². The van der Waals surface area contributed by atoms with Crippen molar-refractivity contribution in [2.24, 2.45) is 0 Å². The summed E-state index contributed by atoms with van der Waals surface area (Å²) in [5.41, 5.74) is 0.196. The van der Waals surface area contributed by atoms with Gasteiger partial charge in [-0.25, -0.2) is 4.79 Å². The van der Waals surface area contributed by atoms with Crippen LogP contribution in [0.25, 0.3) is 0 Å². The average Bonchev–Trinajstić information content (AvgIpc) is 2.69. The lowest BCUT2D eigenvalue weighted by Crippen LogP contribution is -2.36. The topological polar surface area (TPSA) is 126 Å². The highest BCUT2D eigenvalue weighted by molar-refractivity contribution is 5.93. The number of morpholine rings is 1. The maximum atomic E-state index is 12.1. The van der Waals surface area contributed by atoms with E-state index >= 15 is 0 Å². The van der Waals surface area contributed by atoms with Crippen LogP contribution in [-0.2, 0) is 14.3 Å². The number of rotatable bonds is 7. The number of esters is 1. The van der Waals surface area contributed by atoms with Crippen molar-refractivity contribution < 1.29 is 24.0 Å². The molecule has 0 atom stereocenters. The lowest BCUT2D eigenvalue weighted by molar-refractivity contribution is -0.384. The first-order chi connectivity index (χ1) is 12.9. The number of amides is 1. The largest absolute Gasteiger partial charge is 0.452 e. The highest BCUT2D eigenvalue weighted by Gasteiger charge is 2.24. The Kier molecular flexibility index (Phi) is 7.08. The van der Waals surface area contributed by atoms with E-state index in [-0.39, 0.29) is 24.2 Å². The third-order valence-electron chi connectivity index (χ3n) is 4.07. The summed E-state index contributed by atoms with van der Waals surface area (Å²) in [5.74, 6) is -1.29. The summed E-state index contributed by atoms with van der Waals surface area (Å²) in [5, 5.41) is 19.9. The number of nitriles is 1. The number of carbonyl (C=O) groups excluding carboxylic acids is 2. The monoisotopic (exact) mass is 376 g/mol. The van der Waals surface area contributed by atoms with Gasteiger partial charge in [0.05, 0.1) is 36.2 Å². The van der Waals surface area contributed by atoms with Gasteiger partial charge in [0.1, 0.15) is 5.69 Å². The Labute approximate surface area is 156 Å². The van der Waals surface area contributed by atoms with Crippen molar-refractivity contribution in [1.82, 2.24) is 4.90 Å². The first-order valence-electron chi connectivity index (χ1n) is 8.33. The summed E-state index contributed by atoms with van der Waals surface area (Å²) in [6.07, 6.45) is 0.172. The second-order valence-corrected chi connectivity index (χ2v) is 5.86. The molecular formula is C17H20N4O6. The van der Waals surface area contributed by atoms with Crippen LogP contribution in [0.3, 0.4) is 0 Å². The predicted octanol–water partition coefficient (Wildman–Crippen LogP) is 0.960. The van der Waals surface area contributed by atoms with Crippen LogP contribution in [0, 0.1) is 21.4 Å². The summed E-state index contributed by atoms with van der Waals surface area (Å²) in [4.78, 5) is 37.9. The average molecular weight is 376 g/mol. The number of likely N-dealkylation sites (N-methyl/N-ethyl adjacent to an activating group) is 1. The number of carbonyl (C=O) groups is 2. The molecule has 27 heavy (non-hydrogen) atoms. The number of ether oxygens (including phenoxy) is 2. The molecule has 10 nitrogen and oxygen atoms in total. The molecule has 1 heterocycles. The van der Waals surface area contributed by atoms with E-state index in [1.807, 2.05) is 11.0 Å². The predicted molar refractivity (Wildman–Crippen MR) is 94.3 cm³/mol. The molecule has 1 saturated heterocycles. The summed E-state index contributed by atoms with van der Waals surface area (Å²) in [6, 6.07) is 6.00. The van der Waals surface area contributed by atoms with Crippen molar-refractivity contribution >= 4 is 23.3 Å². The number of nitrogens with zero attached hydrogens (tertiary/aromatic N) is 4. The maximum Gasteiger partial charge on any atom is 0.338 e. The molecule has 0 bridgehead atoms. The summed E-state index contributed by atoms with van der Waals surface area (Å²) in [6.45, 7) is 1.72. The minimum absolute atomic E-state index is 0.00816. The second-order valence-electron chi connectivity index (χ2n) is 5.86. The molecule has 0 aliphatic carbocycles. The molecule has 0 unspecified atom stereocenters. The third kappa shape index (κ3) is 5.39. The standard InChI is InChI=1S/C17H20N4O6/c1-19(6-2-5-18)16(22)12-27-17(23)13-3-4-14(15(11-13)21(24)25)20-7-9-26-10-8-20/h3-4,11H,2,6-10,12H2,1H3. The van der Waals surface area contributed by atoms with Crippen LogP contribution >= 0.6 is 0 Å². The molecule has 1 aliphatic rings. The van der Waals surface area contributed by atoms with E-state index in [0.717, 1.165) is 6.07 Å². The number of nitro groups is 1. The van der Waals surface area contributed by atoms with Gasteiger partial charge >= 0.3 is 5.97 Å². The summed E-state index contributed by atoms with van der Waals surface area (Å²) >= 11 is 0. The van der Waals surface area contributed by atoms with E-state index in [9.17, 15) is 19.7 Å². The molecule has 1 fully saturated rings. The van der Waals surface area contributed by atoms with Crippen LogP contribution in [0.2, 0.25) is 0 Å². The Balaban J connectivity index is 2.06. The Bertz CT molecular complexity index is 754. The van der Waals surface area contributed by atoms with Crippen molar-refractivity contribution in [2.75, 3.05) is 51.4 Å². The molecule has 0 radical (unpaired) electrons. The summed E-state index contributed by atoms with van der Waals surface area (Å²) < 4.78 is 10.2. The fourth-order valence-corrected chi connectivity index (χ4v) is 2.53. The number of hydrogen-bond acceptors (Lipinski definition) is 8. The molecule has 1 aromatic carbocycles. The van der Waals surface area contributed by atoms with Crippen molar-refractivity contribution in [2.45, 2.75) is 6.42 Å². The summed E-state index contributed by atoms with van der Waals surface area (Å²) in [7, 11) is 1.50. The van der Waals surface area contributed by atoms with Crippen molar-refractivity contribution in [3.8, 4) is 6.07 Å².